The molecule has 1 saturated heterocycles. The van der Waals surface area contributed by atoms with Crippen LogP contribution in [0.1, 0.15) is 24.4 Å². The van der Waals surface area contributed by atoms with Gasteiger partial charge in [-0.15, -0.1) is 0 Å². The van der Waals surface area contributed by atoms with Crippen LogP contribution in [-0.2, 0) is 14.8 Å². The van der Waals surface area contributed by atoms with E-state index in [1.807, 2.05) is 43.3 Å². The SMILES string of the molecule is COc1ccccc1C(CNC(=O)C1CCCN1S(C)(=O)=O)N(C)C. The van der Waals surface area contributed by atoms with Gasteiger partial charge in [-0.05, 0) is 33.0 Å². The van der Waals surface area contributed by atoms with Crippen molar-refractivity contribution in [2.75, 3.05) is 40.6 Å². The van der Waals surface area contributed by atoms with Crippen molar-refractivity contribution in [1.82, 2.24) is 14.5 Å². The molecule has 1 aliphatic heterocycles. The van der Waals surface area contributed by atoms with Gasteiger partial charge in [-0.25, -0.2) is 8.42 Å². The number of amides is 1. The Hall–Kier alpha value is -1.64. The van der Waals surface area contributed by atoms with E-state index >= 15 is 0 Å². The standard InChI is InChI=1S/C17H27N3O4S/c1-19(2)15(13-8-5-6-10-16(13)24-3)12-18-17(21)14-9-7-11-20(14)25(4,22)23/h5-6,8,10,14-15H,7,9,11-12H2,1-4H3,(H,18,21). The number of carbonyl (C=O) groups excluding carboxylic acids is 1. The largest absolute Gasteiger partial charge is 0.496 e. The molecule has 1 aromatic rings. The Bertz CT molecular complexity index is 706. The van der Waals surface area contributed by atoms with Gasteiger partial charge in [0, 0.05) is 18.7 Å². The highest BCUT2D eigenvalue weighted by Gasteiger charge is 2.36. The molecular formula is C17H27N3O4S. The molecule has 1 amide bonds. The molecule has 1 N–H and O–H groups in total. The Morgan fingerprint density at radius 1 is 1.40 bits per heavy atom. The van der Waals surface area contributed by atoms with Crippen molar-refractivity contribution in [3.05, 3.63) is 29.8 Å². The fourth-order valence-corrected chi connectivity index (χ4v) is 4.35. The molecule has 2 atom stereocenters. The predicted molar refractivity (Wildman–Crippen MR) is 97.0 cm³/mol. The first kappa shape index (κ1) is 19.7. The van der Waals surface area contributed by atoms with Crippen LogP contribution in [-0.4, -0.2) is 70.1 Å². The number of carbonyl (C=O) groups is 1. The average Bonchev–Trinajstić information content (AvgIpc) is 3.05. The number of benzene rings is 1. The maximum Gasteiger partial charge on any atom is 0.238 e. The molecule has 1 aliphatic rings. The Balaban J connectivity index is 2.10. The van der Waals surface area contributed by atoms with E-state index in [4.69, 9.17) is 4.74 Å². The van der Waals surface area contributed by atoms with Crippen LogP contribution < -0.4 is 10.1 Å². The number of methoxy groups -OCH3 is 1. The fourth-order valence-electron chi connectivity index (χ4n) is 3.23. The number of para-hydroxylation sites is 1. The summed E-state index contributed by atoms with van der Waals surface area (Å²) in [5.74, 6) is 0.513. The molecule has 0 spiro atoms. The highest BCUT2D eigenvalue weighted by Crippen LogP contribution is 2.27. The monoisotopic (exact) mass is 369 g/mol. The van der Waals surface area contributed by atoms with Crippen molar-refractivity contribution < 1.29 is 17.9 Å². The second kappa shape index (κ2) is 8.16. The van der Waals surface area contributed by atoms with Crippen LogP contribution in [0.2, 0.25) is 0 Å². The van der Waals surface area contributed by atoms with Gasteiger partial charge in [0.15, 0.2) is 0 Å². The highest BCUT2D eigenvalue weighted by molar-refractivity contribution is 7.88. The quantitative estimate of drug-likeness (QED) is 0.770. The second-order valence-corrected chi connectivity index (χ2v) is 8.43. The first-order chi connectivity index (χ1) is 11.8. The van der Waals surface area contributed by atoms with E-state index in [-0.39, 0.29) is 11.9 Å². The fraction of sp³-hybridized carbons (Fsp3) is 0.588. The first-order valence-corrected chi connectivity index (χ1v) is 10.1. The highest BCUT2D eigenvalue weighted by atomic mass is 32.2. The van der Waals surface area contributed by atoms with Crippen molar-refractivity contribution in [2.45, 2.75) is 24.9 Å². The zero-order chi connectivity index (χ0) is 18.6. The summed E-state index contributed by atoms with van der Waals surface area (Å²) in [5.41, 5.74) is 0.974. The van der Waals surface area contributed by atoms with Crippen molar-refractivity contribution in [3.8, 4) is 5.75 Å². The van der Waals surface area contributed by atoms with Crippen LogP contribution in [0.25, 0.3) is 0 Å². The zero-order valence-electron chi connectivity index (χ0n) is 15.2. The minimum Gasteiger partial charge on any atom is -0.496 e. The Morgan fingerprint density at radius 2 is 2.08 bits per heavy atom. The second-order valence-electron chi connectivity index (χ2n) is 6.50. The molecule has 0 aliphatic carbocycles. The minimum atomic E-state index is -3.37. The molecule has 1 heterocycles. The molecule has 1 fully saturated rings. The Morgan fingerprint density at radius 3 is 2.68 bits per heavy atom. The molecule has 0 radical (unpaired) electrons. The Labute approximate surface area is 150 Å². The van der Waals surface area contributed by atoms with Gasteiger partial charge in [0.1, 0.15) is 11.8 Å². The zero-order valence-corrected chi connectivity index (χ0v) is 16.0. The lowest BCUT2D eigenvalue weighted by Crippen LogP contribution is -2.47. The summed E-state index contributed by atoms with van der Waals surface area (Å²) in [6.45, 7) is 0.779. The number of hydrogen-bond acceptors (Lipinski definition) is 5. The summed E-state index contributed by atoms with van der Waals surface area (Å²) < 4.78 is 30.3. The lowest BCUT2D eigenvalue weighted by Gasteiger charge is -2.28. The van der Waals surface area contributed by atoms with E-state index in [1.54, 1.807) is 7.11 Å². The normalized spacial score (nSPS) is 19.8. The molecule has 1 aromatic carbocycles. The average molecular weight is 369 g/mol. The molecule has 2 unspecified atom stereocenters. The summed E-state index contributed by atoms with van der Waals surface area (Å²) in [7, 11) is 2.11. The van der Waals surface area contributed by atoms with Gasteiger partial charge in [-0.3, -0.25) is 4.79 Å². The maximum absolute atomic E-state index is 12.5. The van der Waals surface area contributed by atoms with Crippen molar-refractivity contribution in [2.24, 2.45) is 0 Å². The molecule has 0 saturated carbocycles. The summed E-state index contributed by atoms with van der Waals surface area (Å²) >= 11 is 0. The van der Waals surface area contributed by atoms with Gasteiger partial charge in [-0.1, -0.05) is 18.2 Å². The first-order valence-electron chi connectivity index (χ1n) is 8.29. The lowest BCUT2D eigenvalue weighted by molar-refractivity contribution is -0.124. The van der Waals surface area contributed by atoms with Crippen molar-refractivity contribution in [1.29, 1.82) is 0 Å². The molecular weight excluding hydrogens is 342 g/mol. The van der Waals surface area contributed by atoms with E-state index in [1.165, 1.54) is 4.31 Å². The number of rotatable bonds is 7. The van der Waals surface area contributed by atoms with E-state index in [2.05, 4.69) is 5.32 Å². The summed E-state index contributed by atoms with van der Waals surface area (Å²) in [6, 6.07) is 6.99. The molecule has 2 rings (SSSR count). The maximum atomic E-state index is 12.5. The lowest BCUT2D eigenvalue weighted by atomic mass is 10.0. The van der Waals surface area contributed by atoms with Gasteiger partial charge in [0.25, 0.3) is 0 Å². The van der Waals surface area contributed by atoms with Crippen LogP contribution in [0, 0.1) is 0 Å². The van der Waals surface area contributed by atoms with Gasteiger partial charge >= 0.3 is 0 Å². The molecule has 25 heavy (non-hydrogen) atoms. The third-order valence-electron chi connectivity index (χ3n) is 4.52. The van der Waals surface area contributed by atoms with Gasteiger partial charge in [-0.2, -0.15) is 4.31 Å². The van der Waals surface area contributed by atoms with E-state index in [0.29, 0.717) is 25.9 Å². The van der Waals surface area contributed by atoms with Crippen molar-refractivity contribution >= 4 is 15.9 Å². The van der Waals surface area contributed by atoms with Crippen molar-refractivity contribution in [3.63, 3.8) is 0 Å². The van der Waals surface area contributed by atoms with Crippen LogP contribution in [0.15, 0.2) is 24.3 Å². The van der Waals surface area contributed by atoms with Crippen LogP contribution >= 0.6 is 0 Å². The predicted octanol–water partition coefficient (Wildman–Crippen LogP) is 0.838. The van der Waals surface area contributed by atoms with E-state index < -0.39 is 16.1 Å². The molecule has 140 valence electrons. The third-order valence-corrected chi connectivity index (χ3v) is 5.81. The molecule has 7 nitrogen and oxygen atoms in total. The number of nitrogens with zero attached hydrogens (tertiary/aromatic N) is 2. The minimum absolute atomic E-state index is 0.0758. The van der Waals surface area contributed by atoms with E-state index in [9.17, 15) is 13.2 Å². The summed E-state index contributed by atoms with van der Waals surface area (Å²) in [4.78, 5) is 14.5. The van der Waals surface area contributed by atoms with Crippen LogP contribution in [0.3, 0.4) is 0 Å². The Kier molecular flexibility index (Phi) is 6.42. The molecule has 0 aromatic heterocycles. The number of ether oxygens (including phenoxy) is 1. The summed E-state index contributed by atoms with van der Waals surface area (Å²) in [5, 5.41) is 2.92. The smallest absolute Gasteiger partial charge is 0.238 e. The number of likely N-dealkylation sites (N-methyl/N-ethyl adjacent to an activating group) is 1. The topological polar surface area (TPSA) is 79.0 Å². The van der Waals surface area contributed by atoms with Gasteiger partial charge < -0.3 is 15.0 Å². The van der Waals surface area contributed by atoms with E-state index in [0.717, 1.165) is 17.6 Å². The molecule has 8 heteroatoms. The van der Waals surface area contributed by atoms with Gasteiger partial charge in [0.05, 0.1) is 19.4 Å². The van der Waals surface area contributed by atoms with Gasteiger partial charge in [0.2, 0.25) is 15.9 Å². The molecule has 0 bridgehead atoms. The number of sulfonamides is 1. The van der Waals surface area contributed by atoms with Crippen LogP contribution in [0.4, 0.5) is 0 Å². The third kappa shape index (κ3) is 4.71. The number of hydrogen-bond donors (Lipinski definition) is 1. The number of nitrogens with one attached hydrogen (secondary N) is 1. The van der Waals surface area contributed by atoms with Crippen LogP contribution in [0.5, 0.6) is 5.75 Å². The summed E-state index contributed by atoms with van der Waals surface area (Å²) in [6.07, 6.45) is 2.41.